The van der Waals surface area contributed by atoms with Gasteiger partial charge < -0.3 is 14.5 Å². The van der Waals surface area contributed by atoms with Gasteiger partial charge in [0, 0.05) is 44.8 Å². The Labute approximate surface area is 167 Å². The van der Waals surface area contributed by atoms with E-state index in [0.717, 1.165) is 44.8 Å². The molecule has 2 fully saturated rings. The molecule has 152 valence electrons. The Kier molecular flexibility index (Phi) is 7.48. The maximum absolute atomic E-state index is 12.7. The van der Waals surface area contributed by atoms with Crippen LogP contribution in [0.5, 0.6) is 5.75 Å². The molecule has 0 bridgehead atoms. The van der Waals surface area contributed by atoms with E-state index in [-0.39, 0.29) is 11.8 Å². The molecule has 1 aromatic carbocycles. The molecule has 1 aromatic rings. The lowest BCUT2D eigenvalue weighted by atomic mass is 10.1. The molecule has 0 saturated carbocycles. The first-order valence-electron chi connectivity index (χ1n) is 10.3. The summed E-state index contributed by atoms with van der Waals surface area (Å²) in [5, 5.41) is 0. The van der Waals surface area contributed by atoms with E-state index < -0.39 is 0 Å². The van der Waals surface area contributed by atoms with E-state index in [2.05, 4.69) is 11.5 Å². The number of nitrogens with zero attached hydrogens (tertiary/aromatic N) is 3. The van der Waals surface area contributed by atoms with Gasteiger partial charge in [-0.2, -0.15) is 0 Å². The van der Waals surface area contributed by atoms with Crippen molar-refractivity contribution in [1.82, 2.24) is 14.7 Å². The SMILES string of the molecule is C=CCOc1ccc(C(=O)N2CCN(CC(=O)N3CCCCCC3)CC2)cc1. The molecule has 0 aliphatic carbocycles. The zero-order valence-electron chi connectivity index (χ0n) is 16.6. The van der Waals surface area contributed by atoms with Gasteiger partial charge in [-0.15, -0.1) is 0 Å². The molecule has 2 aliphatic heterocycles. The number of ether oxygens (including phenoxy) is 1. The van der Waals surface area contributed by atoms with Gasteiger partial charge in [-0.1, -0.05) is 25.5 Å². The van der Waals surface area contributed by atoms with Crippen LogP contribution >= 0.6 is 0 Å². The van der Waals surface area contributed by atoms with Gasteiger partial charge in [0.15, 0.2) is 0 Å². The van der Waals surface area contributed by atoms with Crippen molar-refractivity contribution in [3.63, 3.8) is 0 Å². The van der Waals surface area contributed by atoms with Crippen LogP contribution in [-0.4, -0.2) is 78.9 Å². The van der Waals surface area contributed by atoms with E-state index >= 15 is 0 Å². The van der Waals surface area contributed by atoms with Crippen molar-refractivity contribution in [2.45, 2.75) is 25.7 Å². The highest BCUT2D eigenvalue weighted by atomic mass is 16.5. The second-order valence-electron chi connectivity index (χ2n) is 7.49. The Morgan fingerprint density at radius 3 is 2.14 bits per heavy atom. The van der Waals surface area contributed by atoms with Gasteiger partial charge in [0.05, 0.1) is 6.54 Å². The lowest BCUT2D eigenvalue weighted by Gasteiger charge is -2.35. The second-order valence-corrected chi connectivity index (χ2v) is 7.49. The molecular formula is C22H31N3O3. The van der Waals surface area contributed by atoms with Crippen LogP contribution in [0.25, 0.3) is 0 Å². The Morgan fingerprint density at radius 1 is 0.893 bits per heavy atom. The molecule has 0 N–H and O–H groups in total. The van der Waals surface area contributed by atoms with Crippen LogP contribution < -0.4 is 4.74 Å². The number of piperazine rings is 1. The first-order chi connectivity index (χ1) is 13.7. The number of hydrogen-bond donors (Lipinski definition) is 0. The minimum atomic E-state index is 0.0359. The molecule has 3 rings (SSSR count). The molecule has 2 aliphatic rings. The lowest BCUT2D eigenvalue weighted by molar-refractivity contribution is -0.132. The molecule has 28 heavy (non-hydrogen) atoms. The van der Waals surface area contributed by atoms with E-state index in [9.17, 15) is 9.59 Å². The van der Waals surface area contributed by atoms with E-state index in [1.165, 1.54) is 12.8 Å². The van der Waals surface area contributed by atoms with Gasteiger partial charge in [-0.25, -0.2) is 0 Å². The number of hydrogen-bond acceptors (Lipinski definition) is 4. The average Bonchev–Trinajstić information content (AvgIpc) is 3.02. The normalized spacial score (nSPS) is 18.4. The van der Waals surface area contributed by atoms with Crippen molar-refractivity contribution < 1.29 is 14.3 Å². The Morgan fingerprint density at radius 2 is 1.54 bits per heavy atom. The minimum Gasteiger partial charge on any atom is -0.490 e. The number of carbonyl (C=O) groups is 2. The summed E-state index contributed by atoms with van der Waals surface area (Å²) in [6.07, 6.45) is 6.38. The van der Waals surface area contributed by atoms with E-state index in [1.807, 2.05) is 21.9 Å². The summed E-state index contributed by atoms with van der Waals surface area (Å²) >= 11 is 0. The highest BCUT2D eigenvalue weighted by Crippen LogP contribution is 2.15. The molecule has 2 saturated heterocycles. The van der Waals surface area contributed by atoms with Crippen LogP contribution in [0.15, 0.2) is 36.9 Å². The maximum Gasteiger partial charge on any atom is 0.253 e. The van der Waals surface area contributed by atoms with E-state index in [1.54, 1.807) is 18.2 Å². The topological polar surface area (TPSA) is 53.1 Å². The Hall–Kier alpha value is -2.34. The van der Waals surface area contributed by atoms with Gasteiger partial charge in [-0.3, -0.25) is 14.5 Å². The fraction of sp³-hybridized carbons (Fsp3) is 0.545. The van der Waals surface area contributed by atoms with Gasteiger partial charge in [0.25, 0.3) is 5.91 Å². The first kappa shape index (κ1) is 20.4. The van der Waals surface area contributed by atoms with Crippen LogP contribution in [-0.2, 0) is 4.79 Å². The summed E-state index contributed by atoms with van der Waals surface area (Å²) in [5.41, 5.74) is 0.667. The third-order valence-electron chi connectivity index (χ3n) is 5.45. The highest BCUT2D eigenvalue weighted by molar-refractivity contribution is 5.94. The summed E-state index contributed by atoms with van der Waals surface area (Å²) in [7, 11) is 0. The van der Waals surface area contributed by atoms with Crippen LogP contribution in [0.3, 0.4) is 0 Å². The number of benzene rings is 1. The van der Waals surface area contributed by atoms with Crippen LogP contribution in [0.1, 0.15) is 36.0 Å². The van der Waals surface area contributed by atoms with Gasteiger partial charge in [0.1, 0.15) is 12.4 Å². The largest absolute Gasteiger partial charge is 0.490 e. The van der Waals surface area contributed by atoms with Crippen molar-refractivity contribution in [2.75, 3.05) is 52.4 Å². The summed E-state index contributed by atoms with van der Waals surface area (Å²) in [4.78, 5) is 31.3. The standard InChI is InChI=1S/C22H31N3O3/c1-2-17-28-20-9-7-19(8-10-20)22(27)25-15-13-23(14-16-25)18-21(26)24-11-5-3-4-6-12-24/h2,7-10H,1,3-6,11-18H2. The average molecular weight is 386 g/mol. The summed E-state index contributed by atoms with van der Waals surface area (Å²) in [6.45, 7) is 9.12. The fourth-order valence-electron chi connectivity index (χ4n) is 3.75. The number of amides is 2. The Balaban J connectivity index is 1.45. The smallest absolute Gasteiger partial charge is 0.253 e. The van der Waals surface area contributed by atoms with Crippen LogP contribution in [0.2, 0.25) is 0 Å². The molecule has 0 spiro atoms. The molecule has 0 atom stereocenters. The van der Waals surface area contributed by atoms with Crippen molar-refractivity contribution in [2.24, 2.45) is 0 Å². The van der Waals surface area contributed by atoms with E-state index in [4.69, 9.17) is 4.74 Å². The third-order valence-corrected chi connectivity index (χ3v) is 5.45. The van der Waals surface area contributed by atoms with Crippen molar-refractivity contribution in [3.8, 4) is 5.75 Å². The van der Waals surface area contributed by atoms with Gasteiger partial charge in [0.2, 0.25) is 5.91 Å². The summed E-state index contributed by atoms with van der Waals surface area (Å²) < 4.78 is 5.46. The molecule has 2 heterocycles. The molecule has 6 nitrogen and oxygen atoms in total. The number of rotatable bonds is 6. The fourth-order valence-corrected chi connectivity index (χ4v) is 3.75. The zero-order valence-corrected chi connectivity index (χ0v) is 16.6. The molecule has 0 radical (unpaired) electrons. The summed E-state index contributed by atoms with van der Waals surface area (Å²) in [6, 6.07) is 7.23. The summed E-state index contributed by atoms with van der Waals surface area (Å²) in [5.74, 6) is 0.999. The van der Waals surface area contributed by atoms with Gasteiger partial charge in [-0.05, 0) is 37.1 Å². The van der Waals surface area contributed by atoms with Crippen molar-refractivity contribution >= 4 is 11.8 Å². The lowest BCUT2D eigenvalue weighted by Crippen LogP contribution is -2.51. The molecule has 0 aromatic heterocycles. The predicted molar refractivity (Wildman–Crippen MR) is 110 cm³/mol. The number of carbonyl (C=O) groups excluding carboxylic acids is 2. The maximum atomic E-state index is 12.7. The van der Waals surface area contributed by atoms with Crippen LogP contribution in [0, 0.1) is 0 Å². The van der Waals surface area contributed by atoms with Crippen LogP contribution in [0.4, 0.5) is 0 Å². The second kappa shape index (κ2) is 10.3. The zero-order chi connectivity index (χ0) is 19.8. The Bertz CT molecular complexity index is 658. The van der Waals surface area contributed by atoms with E-state index in [0.29, 0.717) is 31.8 Å². The molecular weight excluding hydrogens is 354 g/mol. The molecule has 2 amide bonds. The quantitative estimate of drug-likeness (QED) is 0.706. The molecule has 6 heteroatoms. The molecule has 0 unspecified atom stereocenters. The minimum absolute atomic E-state index is 0.0359. The number of likely N-dealkylation sites (tertiary alicyclic amines) is 1. The van der Waals surface area contributed by atoms with Crippen molar-refractivity contribution in [3.05, 3.63) is 42.5 Å². The monoisotopic (exact) mass is 385 g/mol. The third kappa shape index (κ3) is 5.58. The van der Waals surface area contributed by atoms with Gasteiger partial charge >= 0.3 is 0 Å². The highest BCUT2D eigenvalue weighted by Gasteiger charge is 2.25. The first-order valence-corrected chi connectivity index (χ1v) is 10.3. The predicted octanol–water partition coefficient (Wildman–Crippen LogP) is 2.41. The van der Waals surface area contributed by atoms with Crippen molar-refractivity contribution in [1.29, 1.82) is 0 Å².